The average molecular weight is 432 g/mol. The quantitative estimate of drug-likeness (QED) is 0.183. The molecule has 0 amide bonds. The SMILES string of the molecule is CC(C)=CCC/C(C)=C/C=C/C(C)=C/C=C/C=C(C)/C=C/C=C(C)/C=C/C=C(\C)C(=O)[O-]. The summed E-state index contributed by atoms with van der Waals surface area (Å²) in [4.78, 5) is 10.6. The number of carboxylic acids is 1. The van der Waals surface area contributed by atoms with E-state index in [9.17, 15) is 9.90 Å². The lowest BCUT2D eigenvalue weighted by Gasteiger charge is -1.97. The van der Waals surface area contributed by atoms with Gasteiger partial charge in [0.15, 0.2) is 0 Å². The molecule has 0 aromatic carbocycles. The zero-order chi connectivity index (χ0) is 24.4. The summed E-state index contributed by atoms with van der Waals surface area (Å²) < 4.78 is 0. The Morgan fingerprint density at radius 3 is 1.53 bits per heavy atom. The molecule has 2 nitrogen and oxygen atoms in total. The normalized spacial score (nSPS) is 15.0. The molecule has 0 heterocycles. The highest BCUT2D eigenvalue weighted by atomic mass is 16.4. The molecule has 32 heavy (non-hydrogen) atoms. The first kappa shape index (κ1) is 28.9. The highest BCUT2D eigenvalue weighted by Gasteiger charge is 1.87. The molecule has 0 aromatic heterocycles. The molecule has 0 aliphatic rings. The molecule has 0 rings (SSSR count). The molecule has 0 aliphatic carbocycles. The number of carbonyl (C=O) groups is 1. The molecule has 0 unspecified atom stereocenters. The van der Waals surface area contributed by atoms with Crippen molar-refractivity contribution < 1.29 is 9.90 Å². The Morgan fingerprint density at radius 1 is 0.625 bits per heavy atom. The second-order valence-electron chi connectivity index (χ2n) is 8.16. The lowest BCUT2D eigenvalue weighted by molar-refractivity contribution is -0.299. The number of aliphatic carboxylic acids is 1. The Balaban J connectivity index is 4.65. The van der Waals surface area contributed by atoms with Crippen LogP contribution in [0.2, 0.25) is 0 Å². The minimum atomic E-state index is -1.15. The highest BCUT2D eigenvalue weighted by Crippen LogP contribution is 2.07. The molecule has 0 saturated carbocycles. The van der Waals surface area contributed by atoms with Crippen LogP contribution in [-0.2, 0) is 4.79 Å². The van der Waals surface area contributed by atoms with Crippen molar-refractivity contribution in [2.45, 2.75) is 61.3 Å². The Bertz CT molecular complexity index is 900. The average Bonchev–Trinajstić information content (AvgIpc) is 2.70. The van der Waals surface area contributed by atoms with Crippen LogP contribution in [0.4, 0.5) is 0 Å². The number of carbonyl (C=O) groups excluding carboxylic acids is 1. The lowest BCUT2D eigenvalue weighted by atomic mass is 10.1. The fourth-order valence-corrected chi connectivity index (χ4v) is 2.38. The topological polar surface area (TPSA) is 40.1 Å². The van der Waals surface area contributed by atoms with Crippen molar-refractivity contribution in [2.24, 2.45) is 0 Å². The van der Waals surface area contributed by atoms with E-state index in [4.69, 9.17) is 0 Å². The molecule has 0 atom stereocenters. The van der Waals surface area contributed by atoms with Crippen LogP contribution < -0.4 is 5.11 Å². The molecule has 0 radical (unpaired) electrons. The van der Waals surface area contributed by atoms with Gasteiger partial charge in [-0.3, -0.25) is 0 Å². The van der Waals surface area contributed by atoms with Gasteiger partial charge in [-0.15, -0.1) is 0 Å². The fourth-order valence-electron chi connectivity index (χ4n) is 2.38. The molecule has 0 N–H and O–H groups in total. The summed E-state index contributed by atoms with van der Waals surface area (Å²) in [5.41, 5.74) is 6.33. The van der Waals surface area contributed by atoms with E-state index in [1.165, 1.54) is 29.7 Å². The Kier molecular flexibility index (Phi) is 15.8. The first-order valence-corrected chi connectivity index (χ1v) is 11.0. The van der Waals surface area contributed by atoms with E-state index in [1.807, 2.05) is 50.3 Å². The maximum Gasteiger partial charge on any atom is 0.0672 e. The van der Waals surface area contributed by atoms with Gasteiger partial charge in [0.2, 0.25) is 0 Å². The van der Waals surface area contributed by atoms with Gasteiger partial charge in [-0.05, 0) is 66.9 Å². The number of hydrogen-bond acceptors (Lipinski definition) is 2. The van der Waals surface area contributed by atoms with Crippen LogP contribution >= 0.6 is 0 Å². The molecule has 0 spiro atoms. The molecule has 0 aromatic rings. The molecule has 2 heteroatoms. The van der Waals surface area contributed by atoms with Crippen molar-refractivity contribution in [1.29, 1.82) is 0 Å². The lowest BCUT2D eigenvalue weighted by Crippen LogP contribution is -2.22. The Labute approximate surface area is 195 Å². The minimum Gasteiger partial charge on any atom is -0.545 e. The Morgan fingerprint density at radius 2 is 1.06 bits per heavy atom. The summed E-state index contributed by atoms with van der Waals surface area (Å²) in [5.74, 6) is -1.15. The van der Waals surface area contributed by atoms with Crippen LogP contribution in [0.15, 0.2) is 119 Å². The molecule has 172 valence electrons. The van der Waals surface area contributed by atoms with Gasteiger partial charge in [0, 0.05) is 0 Å². The van der Waals surface area contributed by atoms with Gasteiger partial charge in [0.25, 0.3) is 0 Å². The largest absolute Gasteiger partial charge is 0.545 e. The van der Waals surface area contributed by atoms with Gasteiger partial charge < -0.3 is 9.90 Å². The van der Waals surface area contributed by atoms with Crippen LogP contribution in [0.5, 0.6) is 0 Å². The first-order chi connectivity index (χ1) is 15.1. The van der Waals surface area contributed by atoms with Crippen LogP contribution in [0.25, 0.3) is 0 Å². The van der Waals surface area contributed by atoms with Gasteiger partial charge in [-0.25, -0.2) is 0 Å². The van der Waals surface area contributed by atoms with Gasteiger partial charge >= 0.3 is 0 Å². The van der Waals surface area contributed by atoms with E-state index in [0.717, 1.165) is 24.0 Å². The Hall–Kier alpha value is -3.13. The summed E-state index contributed by atoms with van der Waals surface area (Å²) >= 11 is 0. The summed E-state index contributed by atoms with van der Waals surface area (Å²) in [7, 11) is 0. The zero-order valence-electron chi connectivity index (χ0n) is 20.8. The summed E-state index contributed by atoms with van der Waals surface area (Å²) in [5, 5.41) is 10.6. The van der Waals surface area contributed by atoms with Crippen molar-refractivity contribution in [3.63, 3.8) is 0 Å². The maximum absolute atomic E-state index is 10.6. The van der Waals surface area contributed by atoms with Crippen LogP contribution in [0.3, 0.4) is 0 Å². The number of carboxylic acid groups (broad SMARTS) is 1. The van der Waals surface area contributed by atoms with Gasteiger partial charge in [0.05, 0.1) is 5.97 Å². The van der Waals surface area contributed by atoms with Gasteiger partial charge in [0.1, 0.15) is 0 Å². The molecular formula is C30H39O2-. The smallest absolute Gasteiger partial charge is 0.0672 e. The van der Waals surface area contributed by atoms with E-state index < -0.39 is 5.97 Å². The van der Waals surface area contributed by atoms with Crippen molar-refractivity contribution in [3.05, 3.63) is 119 Å². The second kappa shape index (κ2) is 17.5. The molecule has 0 fully saturated rings. The van der Waals surface area contributed by atoms with E-state index in [2.05, 4.69) is 64.2 Å². The van der Waals surface area contributed by atoms with E-state index >= 15 is 0 Å². The van der Waals surface area contributed by atoms with Crippen molar-refractivity contribution >= 4 is 5.97 Å². The van der Waals surface area contributed by atoms with Gasteiger partial charge in [-0.2, -0.15) is 0 Å². The monoisotopic (exact) mass is 431 g/mol. The van der Waals surface area contributed by atoms with E-state index in [1.54, 1.807) is 6.08 Å². The number of rotatable bonds is 12. The standard InChI is InChI=1S/C30H40O2/c1-24(2)14-10-17-27(5)20-11-18-25(3)15-8-9-16-26(4)19-12-21-28(6)22-13-23-29(7)30(31)32/h8-9,11-16,18-23H,10,17H2,1-7H3,(H,31,32)/p-1/b9-8+,18-11+,19-12+,22-13+,25-15+,26-16+,27-20+,28-21+,29-23+. The highest BCUT2D eigenvalue weighted by molar-refractivity contribution is 5.84. The minimum absolute atomic E-state index is 0.205. The van der Waals surface area contributed by atoms with Crippen LogP contribution in [0, 0.1) is 0 Å². The maximum atomic E-state index is 10.6. The molecular weight excluding hydrogens is 392 g/mol. The van der Waals surface area contributed by atoms with Crippen molar-refractivity contribution in [3.8, 4) is 0 Å². The van der Waals surface area contributed by atoms with E-state index in [0.29, 0.717) is 0 Å². The number of allylic oxidation sites excluding steroid dienone is 19. The summed E-state index contributed by atoms with van der Waals surface area (Å²) in [6.07, 6.45) is 30.2. The predicted molar refractivity (Wildman–Crippen MR) is 139 cm³/mol. The van der Waals surface area contributed by atoms with Crippen molar-refractivity contribution in [2.75, 3.05) is 0 Å². The summed E-state index contributed by atoms with van der Waals surface area (Å²) in [6.45, 7) is 14.1. The number of hydrogen-bond donors (Lipinski definition) is 0. The molecule has 0 saturated heterocycles. The first-order valence-electron chi connectivity index (χ1n) is 11.0. The third-order valence-electron chi connectivity index (χ3n) is 4.41. The molecule has 0 aliphatic heterocycles. The van der Waals surface area contributed by atoms with Crippen LogP contribution in [-0.4, -0.2) is 5.97 Å². The van der Waals surface area contributed by atoms with E-state index in [-0.39, 0.29) is 5.57 Å². The van der Waals surface area contributed by atoms with Crippen LogP contribution in [0.1, 0.15) is 61.3 Å². The zero-order valence-corrected chi connectivity index (χ0v) is 20.8. The third-order valence-corrected chi connectivity index (χ3v) is 4.41. The second-order valence-corrected chi connectivity index (χ2v) is 8.16. The molecule has 0 bridgehead atoms. The predicted octanol–water partition coefficient (Wildman–Crippen LogP) is 7.44. The third kappa shape index (κ3) is 17.7. The summed E-state index contributed by atoms with van der Waals surface area (Å²) in [6, 6.07) is 0. The van der Waals surface area contributed by atoms with Gasteiger partial charge in [-0.1, -0.05) is 113 Å². The fraction of sp³-hybridized carbons (Fsp3) is 0.300. The van der Waals surface area contributed by atoms with Crippen molar-refractivity contribution in [1.82, 2.24) is 0 Å².